The van der Waals surface area contributed by atoms with Crippen LogP contribution >= 0.6 is 0 Å². The predicted octanol–water partition coefficient (Wildman–Crippen LogP) is 3.70. The van der Waals surface area contributed by atoms with Gasteiger partial charge in [-0.05, 0) is 44.5 Å². The molecular weight excluding hydrogens is 210 g/mol. The molecule has 1 aromatic rings. The Morgan fingerprint density at radius 3 is 2.82 bits per heavy atom. The fourth-order valence-electron chi connectivity index (χ4n) is 1.60. The first-order valence-electron chi connectivity index (χ1n) is 6.30. The second-order valence-electron chi connectivity index (χ2n) is 4.31. The fourth-order valence-corrected chi connectivity index (χ4v) is 1.60. The van der Waals surface area contributed by atoms with Gasteiger partial charge in [0.25, 0.3) is 0 Å². The van der Waals surface area contributed by atoms with Crippen molar-refractivity contribution >= 4 is 0 Å². The van der Waals surface area contributed by atoms with Gasteiger partial charge < -0.3 is 10.1 Å². The standard InChI is InChI=1S/C15H23NO/c1-5-10-16-13(4)14-8-7-9-15(11-14)17-12(3)6-2/h6-9,11-13,16H,2,5,10H2,1,3-4H3. The highest BCUT2D eigenvalue weighted by Crippen LogP contribution is 2.20. The number of ether oxygens (including phenoxy) is 1. The highest BCUT2D eigenvalue weighted by Gasteiger charge is 2.06. The van der Waals surface area contributed by atoms with Gasteiger partial charge in [-0.15, -0.1) is 0 Å². The summed E-state index contributed by atoms with van der Waals surface area (Å²) in [6.45, 7) is 11.1. The zero-order chi connectivity index (χ0) is 12.7. The Kier molecular flexibility index (Phi) is 5.78. The molecule has 2 nitrogen and oxygen atoms in total. The molecule has 0 aromatic heterocycles. The van der Waals surface area contributed by atoms with Crippen molar-refractivity contribution in [2.24, 2.45) is 0 Å². The van der Waals surface area contributed by atoms with Gasteiger partial charge >= 0.3 is 0 Å². The van der Waals surface area contributed by atoms with E-state index in [-0.39, 0.29) is 6.10 Å². The van der Waals surface area contributed by atoms with Crippen molar-refractivity contribution < 1.29 is 4.74 Å². The third-order valence-electron chi connectivity index (χ3n) is 2.71. The largest absolute Gasteiger partial charge is 0.487 e. The van der Waals surface area contributed by atoms with Crippen LogP contribution in [0.2, 0.25) is 0 Å². The summed E-state index contributed by atoms with van der Waals surface area (Å²) in [5.74, 6) is 0.903. The molecule has 0 heterocycles. The molecule has 2 heteroatoms. The van der Waals surface area contributed by atoms with Gasteiger partial charge in [0.1, 0.15) is 11.9 Å². The van der Waals surface area contributed by atoms with Gasteiger partial charge in [0.05, 0.1) is 0 Å². The first-order chi connectivity index (χ1) is 8.17. The molecule has 0 amide bonds. The van der Waals surface area contributed by atoms with Crippen molar-refractivity contribution in [2.45, 2.75) is 39.3 Å². The van der Waals surface area contributed by atoms with Crippen LogP contribution in [0.1, 0.15) is 38.8 Å². The minimum atomic E-state index is 0.0455. The molecule has 1 rings (SSSR count). The summed E-state index contributed by atoms with van der Waals surface area (Å²) >= 11 is 0. The Hall–Kier alpha value is -1.28. The molecule has 0 radical (unpaired) electrons. The smallest absolute Gasteiger partial charge is 0.120 e. The maximum Gasteiger partial charge on any atom is 0.120 e. The molecule has 0 aliphatic carbocycles. The second-order valence-corrected chi connectivity index (χ2v) is 4.31. The molecule has 0 saturated carbocycles. The van der Waals surface area contributed by atoms with Gasteiger partial charge in [0.15, 0.2) is 0 Å². The van der Waals surface area contributed by atoms with Gasteiger partial charge in [-0.1, -0.05) is 31.7 Å². The second kappa shape index (κ2) is 7.13. The van der Waals surface area contributed by atoms with Crippen molar-refractivity contribution in [1.29, 1.82) is 0 Å². The Bertz CT molecular complexity index is 349. The third kappa shape index (κ3) is 4.61. The van der Waals surface area contributed by atoms with Gasteiger partial charge in [0, 0.05) is 6.04 Å². The summed E-state index contributed by atoms with van der Waals surface area (Å²) in [6, 6.07) is 8.59. The van der Waals surface area contributed by atoms with E-state index in [2.05, 4.69) is 37.9 Å². The van der Waals surface area contributed by atoms with Crippen LogP contribution in [0.25, 0.3) is 0 Å². The molecule has 0 bridgehead atoms. The number of rotatable bonds is 7. The number of nitrogens with one attached hydrogen (secondary N) is 1. The van der Waals surface area contributed by atoms with E-state index in [1.165, 1.54) is 5.56 Å². The predicted molar refractivity (Wildman–Crippen MR) is 73.4 cm³/mol. The van der Waals surface area contributed by atoms with E-state index in [0.29, 0.717) is 6.04 Å². The Morgan fingerprint density at radius 2 is 2.18 bits per heavy atom. The van der Waals surface area contributed by atoms with Gasteiger partial charge in [-0.2, -0.15) is 0 Å². The molecule has 2 atom stereocenters. The highest BCUT2D eigenvalue weighted by atomic mass is 16.5. The lowest BCUT2D eigenvalue weighted by molar-refractivity contribution is 0.270. The van der Waals surface area contributed by atoms with Crippen LogP contribution < -0.4 is 10.1 Å². The molecule has 1 N–H and O–H groups in total. The lowest BCUT2D eigenvalue weighted by atomic mass is 10.1. The van der Waals surface area contributed by atoms with Crippen LogP contribution in [-0.2, 0) is 0 Å². The zero-order valence-electron chi connectivity index (χ0n) is 11.1. The molecule has 17 heavy (non-hydrogen) atoms. The van der Waals surface area contributed by atoms with E-state index in [4.69, 9.17) is 4.74 Å². The summed E-state index contributed by atoms with van der Waals surface area (Å²) in [6.07, 6.45) is 2.99. The van der Waals surface area contributed by atoms with E-state index < -0.39 is 0 Å². The van der Waals surface area contributed by atoms with Crippen LogP contribution in [0.3, 0.4) is 0 Å². The summed E-state index contributed by atoms with van der Waals surface area (Å²) in [5.41, 5.74) is 1.26. The summed E-state index contributed by atoms with van der Waals surface area (Å²) < 4.78 is 5.71. The third-order valence-corrected chi connectivity index (χ3v) is 2.71. The average Bonchev–Trinajstić information content (AvgIpc) is 2.36. The first kappa shape index (κ1) is 13.8. The van der Waals surface area contributed by atoms with Crippen molar-refractivity contribution in [3.05, 3.63) is 42.5 Å². The fraction of sp³-hybridized carbons (Fsp3) is 0.467. The Labute approximate surface area is 105 Å². The summed E-state index contributed by atoms with van der Waals surface area (Å²) in [4.78, 5) is 0. The van der Waals surface area contributed by atoms with E-state index in [9.17, 15) is 0 Å². The Morgan fingerprint density at radius 1 is 1.41 bits per heavy atom. The lowest BCUT2D eigenvalue weighted by Crippen LogP contribution is -2.19. The van der Waals surface area contributed by atoms with Crippen LogP contribution in [0.4, 0.5) is 0 Å². The van der Waals surface area contributed by atoms with Gasteiger partial charge in [-0.25, -0.2) is 0 Å². The molecule has 2 unspecified atom stereocenters. The molecule has 0 spiro atoms. The topological polar surface area (TPSA) is 21.3 Å². The van der Waals surface area contributed by atoms with Gasteiger partial charge in [0.2, 0.25) is 0 Å². The quantitative estimate of drug-likeness (QED) is 0.725. The summed E-state index contributed by atoms with van der Waals surface area (Å²) in [5, 5.41) is 3.47. The lowest BCUT2D eigenvalue weighted by Gasteiger charge is -2.16. The summed E-state index contributed by atoms with van der Waals surface area (Å²) in [7, 11) is 0. The van der Waals surface area contributed by atoms with Crippen molar-refractivity contribution in [3.8, 4) is 5.75 Å². The van der Waals surface area contributed by atoms with E-state index in [1.54, 1.807) is 6.08 Å². The zero-order valence-corrected chi connectivity index (χ0v) is 11.1. The first-order valence-corrected chi connectivity index (χ1v) is 6.30. The van der Waals surface area contributed by atoms with Crippen molar-refractivity contribution in [1.82, 2.24) is 5.32 Å². The minimum absolute atomic E-state index is 0.0455. The molecule has 0 aliphatic heterocycles. The van der Waals surface area contributed by atoms with Crippen molar-refractivity contribution in [2.75, 3.05) is 6.54 Å². The molecule has 1 aromatic carbocycles. The van der Waals surface area contributed by atoms with E-state index in [1.807, 2.05) is 19.1 Å². The highest BCUT2D eigenvalue weighted by molar-refractivity contribution is 5.30. The maximum atomic E-state index is 5.71. The monoisotopic (exact) mass is 233 g/mol. The molecule has 94 valence electrons. The van der Waals surface area contributed by atoms with Crippen molar-refractivity contribution in [3.63, 3.8) is 0 Å². The van der Waals surface area contributed by atoms with E-state index >= 15 is 0 Å². The maximum absolute atomic E-state index is 5.71. The number of hydrogen-bond donors (Lipinski definition) is 1. The van der Waals surface area contributed by atoms with Gasteiger partial charge in [-0.3, -0.25) is 0 Å². The van der Waals surface area contributed by atoms with Crippen LogP contribution in [0.5, 0.6) is 5.75 Å². The molecule has 0 fully saturated rings. The normalized spacial score (nSPS) is 14.1. The van der Waals surface area contributed by atoms with Crippen LogP contribution in [0, 0.1) is 0 Å². The number of benzene rings is 1. The molecular formula is C15H23NO. The molecule has 0 aliphatic rings. The Balaban J connectivity index is 2.67. The SMILES string of the molecule is C=CC(C)Oc1cccc(C(C)NCCC)c1. The van der Waals surface area contributed by atoms with Crippen LogP contribution in [-0.4, -0.2) is 12.6 Å². The number of hydrogen-bond acceptors (Lipinski definition) is 2. The average molecular weight is 233 g/mol. The minimum Gasteiger partial charge on any atom is -0.487 e. The van der Waals surface area contributed by atoms with Crippen LogP contribution in [0.15, 0.2) is 36.9 Å². The molecule has 0 saturated heterocycles. The van der Waals surface area contributed by atoms with E-state index in [0.717, 1.165) is 18.7 Å².